The molecule has 0 aromatic heterocycles. The summed E-state index contributed by atoms with van der Waals surface area (Å²) in [5.74, 6) is -0.338. The molecular formula is C9H17NO2. The van der Waals surface area contributed by atoms with Gasteiger partial charge in [-0.3, -0.25) is 0 Å². The van der Waals surface area contributed by atoms with Gasteiger partial charge in [-0.25, -0.2) is 4.79 Å². The summed E-state index contributed by atoms with van der Waals surface area (Å²) in [6, 6.07) is 0. The molecule has 3 nitrogen and oxygen atoms in total. The number of carbonyl (C=O) groups is 1. The molecule has 3 heteroatoms. The lowest BCUT2D eigenvalue weighted by atomic mass is 10.1. The van der Waals surface area contributed by atoms with Crippen molar-refractivity contribution in [1.29, 1.82) is 0 Å². The third-order valence-corrected chi connectivity index (χ3v) is 1.32. The number of hydrogen-bond donors (Lipinski definition) is 1. The van der Waals surface area contributed by atoms with Gasteiger partial charge in [0.2, 0.25) is 0 Å². The quantitative estimate of drug-likeness (QED) is 0.508. The zero-order chi connectivity index (χ0) is 9.78. The molecule has 0 bridgehead atoms. The Bertz CT molecular complexity index is 185. The molecule has 0 saturated carbocycles. The summed E-state index contributed by atoms with van der Waals surface area (Å²) in [4.78, 5) is 11.1. The molecule has 0 rings (SSSR count). The highest BCUT2D eigenvalue weighted by Gasteiger charge is 2.21. The molecule has 0 saturated heterocycles. The first-order chi connectivity index (χ1) is 5.39. The number of likely N-dealkylation sites (N-methyl/N-ethyl adjacent to an activating group) is 1. The summed E-state index contributed by atoms with van der Waals surface area (Å²) in [6.45, 7) is 9.48. The Kier molecular flexibility index (Phi) is 3.96. The summed E-state index contributed by atoms with van der Waals surface area (Å²) in [5.41, 5.74) is -0.0377. The number of carbonyl (C=O) groups excluding carboxylic acids is 1. The Morgan fingerprint density at radius 2 is 2.08 bits per heavy atom. The van der Waals surface area contributed by atoms with E-state index in [4.69, 9.17) is 4.74 Å². The number of esters is 1. The predicted molar refractivity (Wildman–Crippen MR) is 48.9 cm³/mol. The molecule has 12 heavy (non-hydrogen) atoms. The van der Waals surface area contributed by atoms with Crippen LogP contribution >= 0.6 is 0 Å². The number of hydrogen-bond acceptors (Lipinski definition) is 3. The largest absolute Gasteiger partial charge is 0.455 e. The van der Waals surface area contributed by atoms with Gasteiger partial charge in [0.1, 0.15) is 5.60 Å². The van der Waals surface area contributed by atoms with Gasteiger partial charge in [-0.05, 0) is 27.8 Å². The average molecular weight is 171 g/mol. The van der Waals surface area contributed by atoms with E-state index >= 15 is 0 Å². The van der Waals surface area contributed by atoms with Crippen molar-refractivity contribution in [2.75, 3.05) is 13.6 Å². The van der Waals surface area contributed by atoms with Crippen LogP contribution in [0.1, 0.15) is 20.8 Å². The third-order valence-electron chi connectivity index (χ3n) is 1.32. The second kappa shape index (κ2) is 4.26. The summed E-state index contributed by atoms with van der Waals surface area (Å²) < 4.78 is 5.14. The Hall–Kier alpha value is -0.830. The Labute approximate surface area is 73.8 Å². The Balaban J connectivity index is 4.05. The highest BCUT2D eigenvalue weighted by molar-refractivity contribution is 5.87. The van der Waals surface area contributed by atoms with Crippen LogP contribution in [0.25, 0.3) is 0 Å². The SMILES string of the molecule is C=C(C)C(=O)OC(C)(C)CNC. The van der Waals surface area contributed by atoms with E-state index in [2.05, 4.69) is 11.9 Å². The van der Waals surface area contributed by atoms with E-state index in [0.717, 1.165) is 0 Å². The molecule has 0 aromatic rings. The Morgan fingerprint density at radius 1 is 1.58 bits per heavy atom. The van der Waals surface area contributed by atoms with Gasteiger partial charge in [-0.2, -0.15) is 0 Å². The van der Waals surface area contributed by atoms with Crippen LogP contribution in [0.5, 0.6) is 0 Å². The molecule has 0 atom stereocenters. The molecule has 0 aliphatic carbocycles. The van der Waals surface area contributed by atoms with Gasteiger partial charge in [0.25, 0.3) is 0 Å². The van der Waals surface area contributed by atoms with Crippen molar-refractivity contribution in [2.24, 2.45) is 0 Å². The maximum Gasteiger partial charge on any atom is 0.333 e. The average Bonchev–Trinajstić information content (AvgIpc) is 1.85. The lowest BCUT2D eigenvalue weighted by Crippen LogP contribution is -2.38. The zero-order valence-electron chi connectivity index (χ0n) is 8.23. The highest BCUT2D eigenvalue weighted by atomic mass is 16.6. The van der Waals surface area contributed by atoms with Crippen molar-refractivity contribution < 1.29 is 9.53 Å². The van der Waals surface area contributed by atoms with Crippen LogP contribution in [-0.2, 0) is 9.53 Å². The first-order valence-corrected chi connectivity index (χ1v) is 3.92. The summed E-state index contributed by atoms with van der Waals surface area (Å²) in [7, 11) is 1.82. The fraction of sp³-hybridized carbons (Fsp3) is 0.667. The second-order valence-electron chi connectivity index (χ2n) is 3.46. The Morgan fingerprint density at radius 3 is 2.42 bits per heavy atom. The van der Waals surface area contributed by atoms with E-state index in [1.807, 2.05) is 20.9 Å². The van der Waals surface area contributed by atoms with E-state index in [-0.39, 0.29) is 5.97 Å². The van der Waals surface area contributed by atoms with Crippen molar-refractivity contribution in [1.82, 2.24) is 5.32 Å². The fourth-order valence-corrected chi connectivity index (χ4v) is 0.800. The van der Waals surface area contributed by atoms with Gasteiger partial charge < -0.3 is 10.1 Å². The van der Waals surface area contributed by atoms with E-state index in [0.29, 0.717) is 12.1 Å². The van der Waals surface area contributed by atoms with Crippen molar-refractivity contribution in [2.45, 2.75) is 26.4 Å². The van der Waals surface area contributed by atoms with Crippen LogP contribution < -0.4 is 5.32 Å². The minimum atomic E-state index is -0.467. The molecular weight excluding hydrogens is 154 g/mol. The van der Waals surface area contributed by atoms with Crippen LogP contribution in [0.2, 0.25) is 0 Å². The van der Waals surface area contributed by atoms with Crippen molar-refractivity contribution >= 4 is 5.97 Å². The molecule has 0 heterocycles. The third kappa shape index (κ3) is 4.13. The van der Waals surface area contributed by atoms with Crippen LogP contribution in [-0.4, -0.2) is 25.2 Å². The van der Waals surface area contributed by atoms with E-state index in [9.17, 15) is 4.79 Å². The first-order valence-electron chi connectivity index (χ1n) is 3.92. The molecule has 0 aliphatic heterocycles. The maximum absolute atomic E-state index is 11.1. The van der Waals surface area contributed by atoms with Gasteiger partial charge in [0.05, 0.1) is 0 Å². The van der Waals surface area contributed by atoms with Crippen LogP contribution in [0, 0.1) is 0 Å². The van der Waals surface area contributed by atoms with Crippen LogP contribution in [0.4, 0.5) is 0 Å². The van der Waals surface area contributed by atoms with E-state index in [1.54, 1.807) is 6.92 Å². The summed E-state index contributed by atoms with van der Waals surface area (Å²) >= 11 is 0. The summed E-state index contributed by atoms with van der Waals surface area (Å²) in [6.07, 6.45) is 0. The van der Waals surface area contributed by atoms with Crippen molar-refractivity contribution in [3.8, 4) is 0 Å². The van der Waals surface area contributed by atoms with Crippen molar-refractivity contribution in [3.63, 3.8) is 0 Å². The minimum absolute atomic E-state index is 0.338. The molecule has 0 fully saturated rings. The standard InChI is InChI=1S/C9H17NO2/c1-7(2)8(11)12-9(3,4)6-10-5/h10H,1,6H2,2-5H3. The number of ether oxygens (including phenoxy) is 1. The topological polar surface area (TPSA) is 38.3 Å². The zero-order valence-corrected chi connectivity index (χ0v) is 8.23. The molecule has 0 aliphatic rings. The molecule has 70 valence electrons. The smallest absolute Gasteiger partial charge is 0.333 e. The van der Waals surface area contributed by atoms with Gasteiger partial charge in [-0.15, -0.1) is 0 Å². The molecule has 1 N–H and O–H groups in total. The van der Waals surface area contributed by atoms with Gasteiger partial charge in [0, 0.05) is 12.1 Å². The molecule has 0 spiro atoms. The van der Waals surface area contributed by atoms with Crippen LogP contribution in [0.15, 0.2) is 12.2 Å². The normalized spacial score (nSPS) is 11.0. The summed E-state index contributed by atoms with van der Waals surface area (Å²) in [5, 5.41) is 2.95. The lowest BCUT2D eigenvalue weighted by molar-refractivity contribution is -0.150. The number of rotatable bonds is 4. The monoisotopic (exact) mass is 171 g/mol. The van der Waals surface area contributed by atoms with E-state index < -0.39 is 5.60 Å². The molecule has 0 unspecified atom stereocenters. The first kappa shape index (κ1) is 11.2. The molecule has 0 aromatic carbocycles. The van der Waals surface area contributed by atoms with Crippen molar-refractivity contribution in [3.05, 3.63) is 12.2 Å². The number of nitrogens with one attached hydrogen (secondary N) is 1. The second-order valence-corrected chi connectivity index (χ2v) is 3.46. The highest BCUT2D eigenvalue weighted by Crippen LogP contribution is 2.09. The fourth-order valence-electron chi connectivity index (χ4n) is 0.800. The molecule has 0 amide bonds. The minimum Gasteiger partial charge on any atom is -0.455 e. The predicted octanol–water partition coefficient (Wildman–Crippen LogP) is 1.10. The lowest BCUT2D eigenvalue weighted by Gasteiger charge is -2.24. The van der Waals surface area contributed by atoms with Gasteiger partial charge in [0.15, 0.2) is 0 Å². The molecule has 0 radical (unpaired) electrons. The van der Waals surface area contributed by atoms with Gasteiger partial charge >= 0.3 is 5.97 Å². The van der Waals surface area contributed by atoms with Gasteiger partial charge in [-0.1, -0.05) is 6.58 Å². The maximum atomic E-state index is 11.1. The van der Waals surface area contributed by atoms with E-state index in [1.165, 1.54) is 0 Å². The van der Waals surface area contributed by atoms with Crippen LogP contribution in [0.3, 0.4) is 0 Å².